The Morgan fingerprint density at radius 2 is 2.00 bits per heavy atom. The van der Waals surface area contributed by atoms with Crippen molar-refractivity contribution in [1.82, 2.24) is 15.5 Å². The molecular formula is C13H22N4O4. The van der Waals surface area contributed by atoms with Crippen molar-refractivity contribution in [3.05, 3.63) is 0 Å². The zero-order valence-electron chi connectivity index (χ0n) is 11.9. The van der Waals surface area contributed by atoms with Crippen LogP contribution in [0, 0.1) is 0 Å². The maximum atomic E-state index is 11.8. The van der Waals surface area contributed by atoms with E-state index in [0.717, 1.165) is 19.5 Å². The van der Waals surface area contributed by atoms with Crippen LogP contribution >= 0.6 is 0 Å². The van der Waals surface area contributed by atoms with Gasteiger partial charge in [0.2, 0.25) is 5.91 Å². The summed E-state index contributed by atoms with van der Waals surface area (Å²) in [5.74, 6) is -1.75. The highest BCUT2D eigenvalue weighted by Crippen LogP contribution is 2.29. The smallest absolute Gasteiger partial charge is 0.326 e. The fourth-order valence-corrected chi connectivity index (χ4v) is 2.61. The SMILES string of the molecule is NC(=O)CC[C@H](NC(=O)NC1CCN(C2CC2)C1)C(=O)O. The number of nitrogens with zero attached hydrogens (tertiary/aromatic N) is 1. The van der Waals surface area contributed by atoms with E-state index in [-0.39, 0.29) is 18.9 Å². The van der Waals surface area contributed by atoms with Crippen LogP contribution in [0.2, 0.25) is 0 Å². The molecule has 2 rings (SSSR count). The van der Waals surface area contributed by atoms with E-state index < -0.39 is 23.9 Å². The van der Waals surface area contributed by atoms with E-state index in [2.05, 4.69) is 15.5 Å². The van der Waals surface area contributed by atoms with Crippen LogP contribution in [-0.2, 0) is 9.59 Å². The minimum Gasteiger partial charge on any atom is -0.480 e. The van der Waals surface area contributed by atoms with Crippen molar-refractivity contribution in [2.45, 2.75) is 50.2 Å². The van der Waals surface area contributed by atoms with Gasteiger partial charge in [-0.15, -0.1) is 0 Å². The second-order valence-corrected chi connectivity index (χ2v) is 5.73. The Kier molecular flexibility index (Phi) is 5.00. The van der Waals surface area contributed by atoms with Gasteiger partial charge < -0.3 is 21.5 Å². The molecule has 0 radical (unpaired) electrons. The number of amides is 3. The van der Waals surface area contributed by atoms with Crippen molar-refractivity contribution in [3.63, 3.8) is 0 Å². The molecular weight excluding hydrogens is 276 g/mol. The Bertz CT molecular complexity index is 424. The number of carbonyl (C=O) groups excluding carboxylic acids is 2. The Balaban J connectivity index is 1.73. The topological polar surface area (TPSA) is 125 Å². The second kappa shape index (κ2) is 6.75. The highest BCUT2D eigenvalue weighted by atomic mass is 16.4. The van der Waals surface area contributed by atoms with Crippen LogP contribution in [0.15, 0.2) is 0 Å². The number of nitrogens with one attached hydrogen (secondary N) is 2. The van der Waals surface area contributed by atoms with Gasteiger partial charge in [-0.1, -0.05) is 0 Å². The zero-order valence-corrected chi connectivity index (χ0v) is 11.9. The van der Waals surface area contributed by atoms with Gasteiger partial charge in [0, 0.05) is 31.6 Å². The number of nitrogens with two attached hydrogens (primary N) is 1. The van der Waals surface area contributed by atoms with E-state index in [1.165, 1.54) is 12.8 Å². The number of rotatable bonds is 7. The van der Waals surface area contributed by atoms with Crippen LogP contribution in [0.25, 0.3) is 0 Å². The van der Waals surface area contributed by atoms with Crippen molar-refractivity contribution in [2.75, 3.05) is 13.1 Å². The first-order chi connectivity index (χ1) is 9.95. The molecule has 21 heavy (non-hydrogen) atoms. The lowest BCUT2D eigenvalue weighted by Gasteiger charge is -2.18. The number of likely N-dealkylation sites (tertiary alicyclic amines) is 1. The van der Waals surface area contributed by atoms with Gasteiger partial charge in [-0.05, 0) is 25.7 Å². The fraction of sp³-hybridized carbons (Fsp3) is 0.769. The maximum Gasteiger partial charge on any atom is 0.326 e. The molecule has 8 nitrogen and oxygen atoms in total. The number of carbonyl (C=O) groups is 3. The summed E-state index contributed by atoms with van der Waals surface area (Å²) in [5.41, 5.74) is 4.99. The lowest BCUT2D eigenvalue weighted by atomic mass is 10.1. The largest absolute Gasteiger partial charge is 0.480 e. The molecule has 0 spiro atoms. The molecule has 3 amide bonds. The Morgan fingerprint density at radius 1 is 1.29 bits per heavy atom. The van der Waals surface area contributed by atoms with Crippen molar-refractivity contribution in [2.24, 2.45) is 5.73 Å². The minimum atomic E-state index is -1.17. The van der Waals surface area contributed by atoms with Crippen LogP contribution in [0.3, 0.4) is 0 Å². The Hall–Kier alpha value is -1.83. The van der Waals surface area contributed by atoms with Crippen LogP contribution in [0.4, 0.5) is 4.79 Å². The molecule has 5 N–H and O–H groups in total. The Morgan fingerprint density at radius 3 is 2.57 bits per heavy atom. The molecule has 2 atom stereocenters. The summed E-state index contributed by atoms with van der Waals surface area (Å²) in [7, 11) is 0. The van der Waals surface area contributed by atoms with Gasteiger partial charge >= 0.3 is 12.0 Å². The summed E-state index contributed by atoms with van der Waals surface area (Å²) in [4.78, 5) is 35.9. The number of carboxylic acids is 1. The van der Waals surface area contributed by atoms with Gasteiger partial charge in [-0.2, -0.15) is 0 Å². The number of primary amides is 1. The molecule has 1 aliphatic heterocycles. The number of carboxylic acid groups (broad SMARTS) is 1. The van der Waals surface area contributed by atoms with Crippen molar-refractivity contribution in [1.29, 1.82) is 0 Å². The van der Waals surface area contributed by atoms with Gasteiger partial charge in [0.15, 0.2) is 0 Å². The van der Waals surface area contributed by atoms with Crippen LogP contribution in [0.5, 0.6) is 0 Å². The summed E-state index contributed by atoms with van der Waals surface area (Å²) >= 11 is 0. The molecule has 1 aliphatic carbocycles. The molecule has 118 valence electrons. The van der Waals surface area contributed by atoms with E-state index in [1.54, 1.807) is 0 Å². The fourth-order valence-electron chi connectivity index (χ4n) is 2.61. The van der Waals surface area contributed by atoms with Crippen molar-refractivity contribution < 1.29 is 19.5 Å². The lowest BCUT2D eigenvalue weighted by Crippen LogP contribution is -2.49. The average Bonchev–Trinajstić information content (AvgIpc) is 3.15. The van der Waals surface area contributed by atoms with Crippen LogP contribution in [0.1, 0.15) is 32.1 Å². The monoisotopic (exact) mass is 298 g/mol. The molecule has 2 aliphatic rings. The second-order valence-electron chi connectivity index (χ2n) is 5.73. The van der Waals surface area contributed by atoms with E-state index in [4.69, 9.17) is 10.8 Å². The van der Waals surface area contributed by atoms with Gasteiger partial charge in [-0.25, -0.2) is 9.59 Å². The third-order valence-corrected chi connectivity index (χ3v) is 3.90. The summed E-state index contributed by atoms with van der Waals surface area (Å²) in [6.45, 7) is 1.79. The van der Waals surface area contributed by atoms with Crippen LogP contribution < -0.4 is 16.4 Å². The number of aliphatic carboxylic acids is 1. The third kappa shape index (κ3) is 4.89. The minimum absolute atomic E-state index is 0.00302. The average molecular weight is 298 g/mol. The predicted molar refractivity (Wildman–Crippen MR) is 74.5 cm³/mol. The van der Waals surface area contributed by atoms with E-state index >= 15 is 0 Å². The molecule has 0 aromatic rings. The molecule has 0 aromatic heterocycles. The van der Waals surface area contributed by atoms with Gasteiger partial charge in [0.25, 0.3) is 0 Å². The molecule has 2 fully saturated rings. The normalized spacial score (nSPS) is 23.5. The Labute approximate surface area is 123 Å². The first-order valence-corrected chi connectivity index (χ1v) is 7.28. The first kappa shape index (κ1) is 15.6. The molecule has 0 aromatic carbocycles. The summed E-state index contributed by atoms with van der Waals surface area (Å²) in [6.07, 6.45) is 3.26. The van der Waals surface area contributed by atoms with Gasteiger partial charge in [0.05, 0.1) is 0 Å². The molecule has 1 saturated heterocycles. The summed E-state index contributed by atoms with van der Waals surface area (Å²) in [5, 5.41) is 14.2. The van der Waals surface area contributed by atoms with Gasteiger partial charge in [0.1, 0.15) is 6.04 Å². The zero-order chi connectivity index (χ0) is 15.4. The standard InChI is InChI=1S/C13H22N4O4/c14-11(18)4-3-10(12(19)20)16-13(21)15-8-5-6-17(7-8)9-1-2-9/h8-10H,1-7H2,(H2,14,18)(H,19,20)(H2,15,16,21)/t8?,10-/m0/s1. The van der Waals surface area contributed by atoms with E-state index in [0.29, 0.717) is 6.04 Å². The molecule has 8 heteroatoms. The quantitative estimate of drug-likeness (QED) is 0.492. The summed E-state index contributed by atoms with van der Waals surface area (Å²) in [6, 6.07) is -0.883. The lowest BCUT2D eigenvalue weighted by molar-refractivity contribution is -0.139. The van der Waals surface area contributed by atoms with Crippen molar-refractivity contribution >= 4 is 17.9 Å². The highest BCUT2D eigenvalue weighted by molar-refractivity contribution is 5.83. The van der Waals surface area contributed by atoms with Crippen molar-refractivity contribution in [3.8, 4) is 0 Å². The first-order valence-electron chi connectivity index (χ1n) is 7.28. The summed E-state index contributed by atoms with van der Waals surface area (Å²) < 4.78 is 0. The van der Waals surface area contributed by atoms with E-state index in [9.17, 15) is 14.4 Å². The molecule has 1 heterocycles. The molecule has 0 bridgehead atoms. The van der Waals surface area contributed by atoms with Gasteiger partial charge in [-0.3, -0.25) is 9.69 Å². The van der Waals surface area contributed by atoms with Crippen LogP contribution in [-0.4, -0.2) is 59.1 Å². The number of urea groups is 1. The maximum absolute atomic E-state index is 11.8. The molecule has 1 unspecified atom stereocenters. The third-order valence-electron chi connectivity index (χ3n) is 3.90. The number of hydrogen-bond donors (Lipinski definition) is 4. The molecule has 1 saturated carbocycles. The van der Waals surface area contributed by atoms with E-state index in [1.807, 2.05) is 0 Å². The number of hydrogen-bond acceptors (Lipinski definition) is 4. The predicted octanol–water partition coefficient (Wildman–Crippen LogP) is -0.759. The highest BCUT2D eigenvalue weighted by Gasteiger charge is 2.35.